The number of carbonyl (C=O) groups excluding carboxylic acids is 1. The Morgan fingerprint density at radius 1 is 1.26 bits per heavy atom. The van der Waals surface area contributed by atoms with Crippen molar-refractivity contribution < 1.29 is 14.3 Å². The van der Waals surface area contributed by atoms with Crippen LogP contribution in [-0.2, 0) is 0 Å². The highest BCUT2D eigenvalue weighted by atomic mass is 19.1. The maximum Gasteiger partial charge on any atom is 0.258 e. The van der Waals surface area contributed by atoms with E-state index in [1.54, 1.807) is 0 Å². The molecule has 3 nitrogen and oxygen atoms in total. The molecule has 0 aliphatic heterocycles. The molecule has 0 aliphatic rings. The molecule has 0 aliphatic carbocycles. The molecule has 0 spiro atoms. The SMILES string of the molecule is CC(C)C(CNC(=O)c1c(O)cccc1F)C(C)C. The van der Waals surface area contributed by atoms with E-state index < -0.39 is 11.7 Å². The molecule has 2 N–H and O–H groups in total. The zero-order valence-corrected chi connectivity index (χ0v) is 11.9. The predicted octanol–water partition coefficient (Wildman–Crippen LogP) is 3.19. The third-order valence-electron chi connectivity index (χ3n) is 3.43. The van der Waals surface area contributed by atoms with Crippen molar-refractivity contribution in [2.24, 2.45) is 17.8 Å². The molecule has 1 aromatic rings. The van der Waals surface area contributed by atoms with Crippen LogP contribution >= 0.6 is 0 Å². The van der Waals surface area contributed by atoms with Gasteiger partial charge in [0, 0.05) is 6.54 Å². The van der Waals surface area contributed by atoms with Crippen LogP contribution in [0.15, 0.2) is 18.2 Å². The van der Waals surface area contributed by atoms with E-state index in [4.69, 9.17) is 0 Å². The average molecular weight is 267 g/mol. The van der Waals surface area contributed by atoms with Crippen LogP contribution in [0.2, 0.25) is 0 Å². The monoisotopic (exact) mass is 267 g/mol. The number of nitrogens with one attached hydrogen (secondary N) is 1. The highest BCUT2D eigenvalue weighted by Crippen LogP contribution is 2.22. The first-order valence-corrected chi connectivity index (χ1v) is 6.60. The van der Waals surface area contributed by atoms with Gasteiger partial charge >= 0.3 is 0 Å². The van der Waals surface area contributed by atoms with E-state index >= 15 is 0 Å². The fourth-order valence-electron chi connectivity index (χ4n) is 2.28. The minimum atomic E-state index is -0.705. The molecule has 0 aromatic heterocycles. The van der Waals surface area contributed by atoms with E-state index in [1.165, 1.54) is 12.1 Å². The van der Waals surface area contributed by atoms with Crippen molar-refractivity contribution in [1.29, 1.82) is 0 Å². The summed E-state index contributed by atoms with van der Waals surface area (Å²) in [6.07, 6.45) is 0. The highest BCUT2D eigenvalue weighted by molar-refractivity contribution is 5.97. The zero-order valence-electron chi connectivity index (χ0n) is 11.9. The maximum atomic E-state index is 13.5. The summed E-state index contributed by atoms with van der Waals surface area (Å²) in [7, 11) is 0. The highest BCUT2D eigenvalue weighted by Gasteiger charge is 2.21. The van der Waals surface area contributed by atoms with E-state index in [9.17, 15) is 14.3 Å². The van der Waals surface area contributed by atoms with Crippen LogP contribution in [0.3, 0.4) is 0 Å². The number of carbonyl (C=O) groups is 1. The van der Waals surface area contributed by atoms with Gasteiger partial charge in [0.2, 0.25) is 0 Å². The lowest BCUT2D eigenvalue weighted by Gasteiger charge is -2.25. The van der Waals surface area contributed by atoms with Crippen LogP contribution in [0.25, 0.3) is 0 Å². The molecule has 0 atom stereocenters. The Morgan fingerprint density at radius 2 is 1.84 bits per heavy atom. The molecule has 0 heterocycles. The Bertz CT molecular complexity index is 416. The van der Waals surface area contributed by atoms with Crippen LogP contribution in [0.4, 0.5) is 4.39 Å². The quantitative estimate of drug-likeness (QED) is 0.860. The van der Waals surface area contributed by atoms with Crippen LogP contribution in [0, 0.1) is 23.6 Å². The Hall–Kier alpha value is -1.58. The van der Waals surface area contributed by atoms with Crippen LogP contribution in [-0.4, -0.2) is 17.6 Å². The molecule has 0 fully saturated rings. The van der Waals surface area contributed by atoms with E-state index in [-0.39, 0.29) is 11.3 Å². The average Bonchev–Trinajstić information content (AvgIpc) is 2.27. The lowest BCUT2D eigenvalue weighted by molar-refractivity contribution is 0.0930. The summed E-state index contributed by atoms with van der Waals surface area (Å²) in [6.45, 7) is 8.85. The predicted molar refractivity (Wildman–Crippen MR) is 73.6 cm³/mol. The van der Waals surface area contributed by atoms with E-state index in [0.29, 0.717) is 24.3 Å². The van der Waals surface area contributed by atoms with Gasteiger partial charge in [-0.05, 0) is 29.9 Å². The van der Waals surface area contributed by atoms with Crippen molar-refractivity contribution in [1.82, 2.24) is 5.32 Å². The lowest BCUT2D eigenvalue weighted by Crippen LogP contribution is -2.34. The number of hydrogen-bond acceptors (Lipinski definition) is 2. The first kappa shape index (κ1) is 15.5. The van der Waals surface area contributed by atoms with Gasteiger partial charge in [-0.3, -0.25) is 4.79 Å². The second-order valence-corrected chi connectivity index (χ2v) is 5.50. The smallest absolute Gasteiger partial charge is 0.258 e. The number of halogens is 1. The van der Waals surface area contributed by atoms with Gasteiger partial charge in [-0.15, -0.1) is 0 Å². The number of phenols is 1. The summed E-state index contributed by atoms with van der Waals surface area (Å²) in [5.41, 5.74) is -0.284. The summed E-state index contributed by atoms with van der Waals surface area (Å²) in [5, 5.41) is 12.2. The van der Waals surface area contributed by atoms with Crippen molar-refractivity contribution in [3.8, 4) is 5.75 Å². The van der Waals surface area contributed by atoms with Crippen LogP contribution < -0.4 is 5.32 Å². The molecule has 106 valence electrons. The first-order valence-electron chi connectivity index (χ1n) is 6.60. The molecule has 0 unspecified atom stereocenters. The van der Waals surface area contributed by atoms with Crippen molar-refractivity contribution in [3.05, 3.63) is 29.6 Å². The normalized spacial score (nSPS) is 11.4. The molecule has 1 aromatic carbocycles. The standard InChI is InChI=1S/C15H22FNO2/c1-9(2)11(10(3)4)8-17-15(19)14-12(16)6-5-7-13(14)18/h5-7,9-11,18H,8H2,1-4H3,(H,17,19). The molecule has 0 bridgehead atoms. The van der Waals surface area contributed by atoms with Gasteiger partial charge in [-0.25, -0.2) is 4.39 Å². The number of phenolic OH excluding ortho intramolecular Hbond substituents is 1. The molecule has 1 amide bonds. The van der Waals surface area contributed by atoms with E-state index in [1.807, 2.05) is 0 Å². The minimum absolute atomic E-state index is 0.284. The van der Waals surface area contributed by atoms with Crippen molar-refractivity contribution >= 4 is 5.91 Å². The summed E-state index contributed by atoms with van der Waals surface area (Å²) >= 11 is 0. The van der Waals surface area contributed by atoms with E-state index in [0.717, 1.165) is 6.07 Å². The largest absolute Gasteiger partial charge is 0.507 e. The molecular weight excluding hydrogens is 245 g/mol. The third-order valence-corrected chi connectivity index (χ3v) is 3.43. The molecule has 4 heteroatoms. The second-order valence-electron chi connectivity index (χ2n) is 5.50. The Labute approximate surface area is 113 Å². The first-order chi connectivity index (χ1) is 8.84. The fourth-order valence-corrected chi connectivity index (χ4v) is 2.28. The van der Waals surface area contributed by atoms with Gasteiger partial charge in [-0.1, -0.05) is 33.8 Å². The van der Waals surface area contributed by atoms with Gasteiger partial charge in [-0.2, -0.15) is 0 Å². The number of aromatic hydroxyl groups is 1. The molecular formula is C15H22FNO2. The van der Waals surface area contributed by atoms with Crippen LogP contribution in [0.5, 0.6) is 5.75 Å². The summed E-state index contributed by atoms with van der Waals surface area (Å²) in [5.74, 6) is -0.435. The fraction of sp³-hybridized carbons (Fsp3) is 0.533. The number of amides is 1. The number of benzene rings is 1. The van der Waals surface area contributed by atoms with Gasteiger partial charge < -0.3 is 10.4 Å². The van der Waals surface area contributed by atoms with Crippen molar-refractivity contribution in [2.45, 2.75) is 27.7 Å². The van der Waals surface area contributed by atoms with Crippen molar-refractivity contribution in [2.75, 3.05) is 6.54 Å². The maximum absolute atomic E-state index is 13.5. The summed E-state index contributed by atoms with van der Waals surface area (Å²) in [4.78, 5) is 11.9. The molecule has 0 saturated heterocycles. The van der Waals surface area contributed by atoms with E-state index in [2.05, 4.69) is 33.0 Å². The van der Waals surface area contributed by atoms with Gasteiger partial charge in [0.15, 0.2) is 0 Å². The molecule has 0 radical (unpaired) electrons. The van der Waals surface area contributed by atoms with Crippen LogP contribution in [0.1, 0.15) is 38.1 Å². The summed E-state index contributed by atoms with van der Waals surface area (Å²) in [6, 6.07) is 3.84. The summed E-state index contributed by atoms with van der Waals surface area (Å²) < 4.78 is 13.5. The lowest BCUT2D eigenvalue weighted by atomic mass is 9.85. The zero-order chi connectivity index (χ0) is 14.6. The third kappa shape index (κ3) is 3.94. The Morgan fingerprint density at radius 3 is 2.32 bits per heavy atom. The van der Waals surface area contributed by atoms with Gasteiger partial charge in [0.05, 0.1) is 0 Å². The topological polar surface area (TPSA) is 49.3 Å². The minimum Gasteiger partial charge on any atom is -0.507 e. The molecule has 19 heavy (non-hydrogen) atoms. The van der Waals surface area contributed by atoms with Crippen molar-refractivity contribution in [3.63, 3.8) is 0 Å². The Balaban J connectivity index is 2.75. The van der Waals surface area contributed by atoms with Gasteiger partial charge in [0.25, 0.3) is 5.91 Å². The number of hydrogen-bond donors (Lipinski definition) is 2. The number of rotatable bonds is 5. The van der Waals surface area contributed by atoms with Gasteiger partial charge in [0.1, 0.15) is 17.1 Å². The second kappa shape index (κ2) is 6.55. The molecule has 0 saturated carbocycles. The molecule has 1 rings (SSSR count). The Kier molecular flexibility index (Phi) is 5.33.